The zero-order chi connectivity index (χ0) is 14.6. The van der Waals surface area contributed by atoms with Crippen LogP contribution in [0, 0.1) is 0 Å². The van der Waals surface area contributed by atoms with Gasteiger partial charge in [-0.2, -0.15) is 0 Å². The maximum atomic E-state index is 12.1. The Balaban J connectivity index is 2.90. The van der Waals surface area contributed by atoms with Gasteiger partial charge in [0.1, 0.15) is 6.04 Å². The molecule has 0 saturated carbocycles. The minimum absolute atomic E-state index is 0.184. The average Bonchev–Trinajstić information content (AvgIpc) is 2.37. The first kappa shape index (κ1) is 14.8. The highest BCUT2D eigenvalue weighted by atomic mass is 16.5. The number of hydrogen-bond acceptors (Lipinski definition) is 4. The Kier molecular flexibility index (Phi) is 4.74. The van der Waals surface area contributed by atoms with Crippen molar-refractivity contribution in [2.75, 3.05) is 26.9 Å². The fraction of sp³-hybridized carbons (Fsp3) is 0.385. The van der Waals surface area contributed by atoms with E-state index in [1.807, 2.05) is 0 Å². The van der Waals surface area contributed by atoms with Gasteiger partial charge in [-0.3, -0.25) is 9.59 Å². The molecule has 6 heteroatoms. The molecule has 0 fully saturated rings. The van der Waals surface area contributed by atoms with E-state index in [4.69, 9.17) is 10.5 Å². The number of carbonyl (C=O) groups excluding carboxylic acids is 2. The molecule has 104 valence electrons. The fourth-order valence-corrected chi connectivity index (χ4v) is 1.68. The third-order valence-electron chi connectivity index (χ3n) is 2.65. The molecule has 2 amide bonds. The number of hydrogen-bond donors (Lipinski definition) is 2. The van der Waals surface area contributed by atoms with Crippen molar-refractivity contribution < 1.29 is 14.3 Å². The van der Waals surface area contributed by atoms with Crippen molar-refractivity contribution in [3.8, 4) is 5.75 Å². The first-order valence-corrected chi connectivity index (χ1v) is 5.83. The molecule has 1 atom stereocenters. The average molecular weight is 265 g/mol. The highest BCUT2D eigenvalue weighted by Gasteiger charge is 2.20. The Morgan fingerprint density at radius 2 is 2.00 bits per heavy atom. The third kappa shape index (κ3) is 3.37. The lowest BCUT2D eigenvalue weighted by Gasteiger charge is -2.19. The molecule has 1 rings (SSSR count). The Hall–Kier alpha value is -2.24. The van der Waals surface area contributed by atoms with Gasteiger partial charge < -0.3 is 20.7 Å². The van der Waals surface area contributed by atoms with E-state index in [1.54, 1.807) is 39.2 Å². The van der Waals surface area contributed by atoms with E-state index in [1.165, 1.54) is 12.0 Å². The molecule has 0 aromatic heterocycles. The third-order valence-corrected chi connectivity index (χ3v) is 2.65. The summed E-state index contributed by atoms with van der Waals surface area (Å²) in [6.07, 6.45) is 0. The number of nitrogens with zero attached hydrogens (tertiary/aromatic N) is 1. The van der Waals surface area contributed by atoms with Gasteiger partial charge in [0, 0.05) is 14.1 Å². The quantitative estimate of drug-likeness (QED) is 0.776. The van der Waals surface area contributed by atoms with Crippen LogP contribution in [0.2, 0.25) is 0 Å². The van der Waals surface area contributed by atoms with E-state index in [9.17, 15) is 9.59 Å². The zero-order valence-electron chi connectivity index (χ0n) is 11.6. The summed E-state index contributed by atoms with van der Waals surface area (Å²) in [6.45, 7) is 1.62. The molecule has 0 radical (unpaired) electrons. The predicted octanol–water partition coefficient (Wildman–Crippen LogP) is 0.484. The van der Waals surface area contributed by atoms with Crippen molar-refractivity contribution in [2.24, 2.45) is 0 Å². The smallest absolute Gasteiger partial charge is 0.255 e. The van der Waals surface area contributed by atoms with E-state index in [0.717, 1.165) is 0 Å². The SMILES string of the molecule is COc1c(N)cccc1C(=O)NC(C)C(=O)N(C)C. The molecule has 0 aliphatic heterocycles. The Morgan fingerprint density at radius 1 is 1.37 bits per heavy atom. The molecule has 19 heavy (non-hydrogen) atoms. The fourth-order valence-electron chi connectivity index (χ4n) is 1.68. The Bertz CT molecular complexity index is 486. The van der Waals surface area contributed by atoms with Crippen LogP contribution in [0.15, 0.2) is 18.2 Å². The van der Waals surface area contributed by atoms with Crippen LogP contribution < -0.4 is 15.8 Å². The number of amides is 2. The maximum absolute atomic E-state index is 12.1. The van der Waals surface area contributed by atoms with Gasteiger partial charge in [0.15, 0.2) is 5.75 Å². The van der Waals surface area contributed by atoms with Crippen molar-refractivity contribution >= 4 is 17.5 Å². The number of nitrogens with two attached hydrogens (primary N) is 1. The number of benzene rings is 1. The topological polar surface area (TPSA) is 84.7 Å². The van der Waals surface area contributed by atoms with Crippen molar-refractivity contribution in [3.63, 3.8) is 0 Å². The van der Waals surface area contributed by atoms with Crippen molar-refractivity contribution in [3.05, 3.63) is 23.8 Å². The monoisotopic (exact) mass is 265 g/mol. The molecule has 1 unspecified atom stereocenters. The highest BCUT2D eigenvalue weighted by Crippen LogP contribution is 2.25. The normalized spacial score (nSPS) is 11.6. The summed E-state index contributed by atoms with van der Waals surface area (Å²) in [5.41, 5.74) is 6.41. The number of para-hydroxylation sites is 1. The van der Waals surface area contributed by atoms with Gasteiger partial charge in [-0.05, 0) is 19.1 Å². The van der Waals surface area contributed by atoms with Crippen LogP contribution in [0.4, 0.5) is 5.69 Å². The second-order valence-electron chi connectivity index (χ2n) is 4.36. The van der Waals surface area contributed by atoms with Crippen LogP contribution in [0.25, 0.3) is 0 Å². The number of nitrogen functional groups attached to an aromatic ring is 1. The van der Waals surface area contributed by atoms with E-state index in [0.29, 0.717) is 17.0 Å². The summed E-state index contributed by atoms with van der Waals surface area (Å²) in [5, 5.41) is 2.61. The molecular formula is C13H19N3O3. The molecule has 1 aromatic rings. The summed E-state index contributed by atoms with van der Waals surface area (Å²) >= 11 is 0. The highest BCUT2D eigenvalue weighted by molar-refractivity contribution is 6.00. The van der Waals surface area contributed by atoms with Gasteiger partial charge in [-0.25, -0.2) is 0 Å². The number of methoxy groups -OCH3 is 1. The number of nitrogens with one attached hydrogen (secondary N) is 1. The van der Waals surface area contributed by atoms with Gasteiger partial charge in [0.05, 0.1) is 18.4 Å². The maximum Gasteiger partial charge on any atom is 0.255 e. The summed E-state index contributed by atoms with van der Waals surface area (Å²) in [4.78, 5) is 25.2. The first-order valence-electron chi connectivity index (χ1n) is 5.83. The van der Waals surface area contributed by atoms with Crippen LogP contribution in [0.5, 0.6) is 5.75 Å². The van der Waals surface area contributed by atoms with Crippen LogP contribution in [-0.4, -0.2) is 44.0 Å². The predicted molar refractivity (Wildman–Crippen MR) is 73.0 cm³/mol. The molecule has 6 nitrogen and oxygen atoms in total. The molecule has 0 bridgehead atoms. The molecule has 3 N–H and O–H groups in total. The molecule has 0 spiro atoms. The largest absolute Gasteiger partial charge is 0.494 e. The van der Waals surface area contributed by atoms with E-state index < -0.39 is 11.9 Å². The van der Waals surface area contributed by atoms with Gasteiger partial charge in [-0.1, -0.05) is 6.07 Å². The second kappa shape index (κ2) is 6.08. The second-order valence-corrected chi connectivity index (χ2v) is 4.36. The molecule has 0 aliphatic carbocycles. The summed E-state index contributed by atoms with van der Waals surface area (Å²) < 4.78 is 5.11. The van der Waals surface area contributed by atoms with Gasteiger partial charge in [0.2, 0.25) is 5.91 Å². The van der Waals surface area contributed by atoms with E-state index >= 15 is 0 Å². The zero-order valence-corrected chi connectivity index (χ0v) is 11.6. The van der Waals surface area contributed by atoms with Crippen LogP contribution in [0.1, 0.15) is 17.3 Å². The van der Waals surface area contributed by atoms with Gasteiger partial charge in [-0.15, -0.1) is 0 Å². The molecule has 0 heterocycles. The Morgan fingerprint density at radius 3 is 2.53 bits per heavy atom. The van der Waals surface area contributed by atoms with Crippen LogP contribution in [-0.2, 0) is 4.79 Å². The number of carbonyl (C=O) groups is 2. The number of likely N-dealkylation sites (N-methyl/N-ethyl adjacent to an activating group) is 1. The molecule has 1 aromatic carbocycles. The molecular weight excluding hydrogens is 246 g/mol. The first-order chi connectivity index (χ1) is 8.88. The summed E-state index contributed by atoms with van der Waals surface area (Å²) in [6, 6.07) is 4.28. The van der Waals surface area contributed by atoms with Crippen LogP contribution in [0.3, 0.4) is 0 Å². The summed E-state index contributed by atoms with van der Waals surface area (Å²) in [5.74, 6) is -0.271. The minimum atomic E-state index is -0.617. The standard InChI is InChI=1S/C13H19N3O3/c1-8(13(18)16(2)3)15-12(17)9-6-5-7-10(14)11(9)19-4/h5-8H,14H2,1-4H3,(H,15,17). The lowest BCUT2D eigenvalue weighted by molar-refractivity contribution is -0.130. The summed E-state index contributed by atoms with van der Waals surface area (Å²) in [7, 11) is 4.70. The van der Waals surface area contributed by atoms with E-state index in [2.05, 4.69) is 5.32 Å². The van der Waals surface area contributed by atoms with Crippen molar-refractivity contribution in [2.45, 2.75) is 13.0 Å². The van der Waals surface area contributed by atoms with Gasteiger partial charge >= 0.3 is 0 Å². The number of rotatable bonds is 4. The van der Waals surface area contributed by atoms with Crippen LogP contribution >= 0.6 is 0 Å². The van der Waals surface area contributed by atoms with E-state index in [-0.39, 0.29) is 5.91 Å². The van der Waals surface area contributed by atoms with Gasteiger partial charge in [0.25, 0.3) is 5.91 Å². The van der Waals surface area contributed by atoms with Crippen molar-refractivity contribution in [1.29, 1.82) is 0 Å². The molecule has 0 aliphatic rings. The van der Waals surface area contributed by atoms with Crippen molar-refractivity contribution in [1.82, 2.24) is 10.2 Å². The number of ether oxygens (including phenoxy) is 1. The Labute approximate surface area is 112 Å². The number of anilines is 1. The lowest BCUT2D eigenvalue weighted by Crippen LogP contribution is -2.44. The lowest BCUT2D eigenvalue weighted by atomic mass is 10.1. The minimum Gasteiger partial charge on any atom is -0.494 e. The molecule has 0 saturated heterocycles.